The van der Waals surface area contributed by atoms with E-state index in [0.29, 0.717) is 5.69 Å². The molecule has 0 saturated heterocycles. The van der Waals surface area contributed by atoms with Crippen LogP contribution < -0.4 is 11.1 Å². The average molecular weight is 231 g/mol. The molecule has 0 aliphatic heterocycles. The van der Waals surface area contributed by atoms with Gasteiger partial charge >= 0.3 is 0 Å². The van der Waals surface area contributed by atoms with E-state index in [-0.39, 0.29) is 17.6 Å². The van der Waals surface area contributed by atoms with Crippen LogP contribution in [0, 0.1) is 6.92 Å². The second-order valence-electron chi connectivity index (χ2n) is 3.17. The number of rotatable bonds is 2. The van der Waals surface area contributed by atoms with Gasteiger partial charge < -0.3 is 5.73 Å². The number of anilines is 2. The molecule has 0 aliphatic carbocycles. The third kappa shape index (κ3) is 2.68. The van der Waals surface area contributed by atoms with E-state index in [1.165, 1.54) is 18.5 Å². The lowest BCUT2D eigenvalue weighted by Crippen LogP contribution is -2.17. The smallest absolute Gasteiger partial charge is 0.276 e. The van der Waals surface area contributed by atoms with Crippen LogP contribution in [0.2, 0.25) is 0 Å². The zero-order valence-corrected chi connectivity index (χ0v) is 8.95. The van der Waals surface area contributed by atoms with Crippen molar-refractivity contribution in [3.63, 3.8) is 0 Å². The van der Waals surface area contributed by atoms with Gasteiger partial charge in [-0.3, -0.25) is 10.1 Å². The van der Waals surface area contributed by atoms with Crippen LogP contribution in [0.3, 0.4) is 0 Å². The van der Waals surface area contributed by atoms with Crippen molar-refractivity contribution in [2.45, 2.75) is 6.92 Å². The van der Waals surface area contributed by atoms with Crippen molar-refractivity contribution >= 4 is 17.8 Å². The van der Waals surface area contributed by atoms with E-state index >= 15 is 0 Å². The van der Waals surface area contributed by atoms with Crippen molar-refractivity contribution in [2.24, 2.45) is 0 Å². The number of amides is 1. The number of carbonyl (C=O) groups excluding carboxylic acids is 1. The first-order valence-corrected chi connectivity index (χ1v) is 4.71. The first-order valence-electron chi connectivity index (χ1n) is 4.71. The fourth-order valence-corrected chi connectivity index (χ4v) is 1.18. The number of nitrogens with zero attached hydrogens (tertiary/aromatic N) is 5. The van der Waals surface area contributed by atoms with Crippen LogP contribution in [0.5, 0.6) is 0 Å². The molecule has 3 N–H and O–H groups in total. The molecule has 17 heavy (non-hydrogen) atoms. The molecule has 2 aromatic rings. The van der Waals surface area contributed by atoms with Crippen LogP contribution in [0.15, 0.2) is 18.5 Å². The van der Waals surface area contributed by atoms with Gasteiger partial charge in [0.15, 0.2) is 0 Å². The van der Waals surface area contributed by atoms with Crippen LogP contribution in [0.1, 0.15) is 16.2 Å². The predicted octanol–water partition coefficient (Wildman–Crippen LogP) is -0.195. The topological polar surface area (TPSA) is 120 Å². The fraction of sp³-hybridized carbons (Fsp3) is 0.111. The van der Waals surface area contributed by atoms with Crippen molar-refractivity contribution < 1.29 is 4.79 Å². The van der Waals surface area contributed by atoms with Crippen LogP contribution in [-0.2, 0) is 0 Å². The zero-order chi connectivity index (χ0) is 12.3. The molecule has 0 atom stereocenters. The summed E-state index contributed by atoms with van der Waals surface area (Å²) in [5.41, 5.74) is 6.21. The normalized spacial score (nSPS) is 9.94. The van der Waals surface area contributed by atoms with E-state index in [0.717, 1.165) is 0 Å². The molecule has 0 fully saturated rings. The molecular weight excluding hydrogens is 222 g/mol. The molecule has 8 heteroatoms. The Kier molecular flexibility index (Phi) is 2.86. The highest BCUT2D eigenvalue weighted by Crippen LogP contribution is 2.04. The van der Waals surface area contributed by atoms with E-state index in [2.05, 4.69) is 30.5 Å². The number of aromatic nitrogens is 5. The molecule has 0 saturated carbocycles. The lowest BCUT2D eigenvalue weighted by Gasteiger charge is -2.03. The predicted molar refractivity (Wildman–Crippen MR) is 59.0 cm³/mol. The van der Waals surface area contributed by atoms with E-state index in [1.54, 1.807) is 6.92 Å². The minimum atomic E-state index is -0.463. The molecule has 0 bridgehead atoms. The number of carbonyl (C=O) groups is 1. The van der Waals surface area contributed by atoms with Gasteiger partial charge in [-0.05, 0) is 13.0 Å². The highest BCUT2D eigenvalue weighted by Gasteiger charge is 2.10. The Morgan fingerprint density at radius 3 is 2.82 bits per heavy atom. The Morgan fingerprint density at radius 1 is 1.35 bits per heavy atom. The summed E-state index contributed by atoms with van der Waals surface area (Å²) in [6.45, 7) is 1.72. The van der Waals surface area contributed by atoms with Crippen LogP contribution in [-0.4, -0.2) is 31.1 Å². The van der Waals surface area contributed by atoms with Gasteiger partial charge in [-0.2, -0.15) is 5.10 Å². The summed E-state index contributed by atoms with van der Waals surface area (Å²) >= 11 is 0. The Hall–Kier alpha value is -2.64. The van der Waals surface area contributed by atoms with Crippen LogP contribution in [0.25, 0.3) is 0 Å². The van der Waals surface area contributed by atoms with E-state index in [9.17, 15) is 4.79 Å². The van der Waals surface area contributed by atoms with Gasteiger partial charge in [0.25, 0.3) is 5.91 Å². The number of nitrogens with two attached hydrogens (primary N) is 1. The number of aryl methyl sites for hydroxylation is 1. The van der Waals surface area contributed by atoms with Crippen molar-refractivity contribution in [3.8, 4) is 0 Å². The molecule has 0 unspecified atom stereocenters. The molecule has 86 valence electrons. The summed E-state index contributed by atoms with van der Waals surface area (Å²) in [6.07, 6.45) is 2.82. The number of hydrogen-bond acceptors (Lipinski definition) is 7. The van der Waals surface area contributed by atoms with E-state index in [1.807, 2.05) is 0 Å². The molecule has 0 spiro atoms. The number of hydrogen-bond donors (Lipinski definition) is 2. The first kappa shape index (κ1) is 10.9. The Labute approximate surface area is 96.3 Å². The summed E-state index contributed by atoms with van der Waals surface area (Å²) in [5, 5.41) is 9.65. The lowest BCUT2D eigenvalue weighted by atomic mass is 10.3. The first-order chi connectivity index (χ1) is 8.15. The second-order valence-corrected chi connectivity index (χ2v) is 3.17. The summed E-state index contributed by atoms with van der Waals surface area (Å²) in [7, 11) is 0. The molecule has 0 aliphatic rings. The van der Waals surface area contributed by atoms with Crippen LogP contribution in [0.4, 0.5) is 11.9 Å². The minimum absolute atomic E-state index is 0.0438. The minimum Gasteiger partial charge on any atom is -0.368 e. The van der Waals surface area contributed by atoms with Gasteiger partial charge in [-0.1, -0.05) is 0 Å². The van der Waals surface area contributed by atoms with Gasteiger partial charge in [0.05, 0.1) is 12.4 Å². The summed E-state index contributed by atoms with van der Waals surface area (Å²) < 4.78 is 0. The quantitative estimate of drug-likeness (QED) is 0.734. The Morgan fingerprint density at radius 2 is 2.18 bits per heavy atom. The third-order valence-corrected chi connectivity index (χ3v) is 1.81. The lowest BCUT2D eigenvalue weighted by molar-refractivity contribution is 0.102. The second kappa shape index (κ2) is 4.47. The molecule has 0 aromatic carbocycles. The van der Waals surface area contributed by atoms with Crippen molar-refractivity contribution in [1.82, 2.24) is 25.1 Å². The van der Waals surface area contributed by atoms with E-state index in [4.69, 9.17) is 5.73 Å². The molecule has 0 radical (unpaired) electrons. The molecule has 2 aromatic heterocycles. The molecule has 1 amide bonds. The highest BCUT2D eigenvalue weighted by atomic mass is 16.2. The molecule has 2 rings (SSSR count). The standard InChI is InChI=1S/C9H9N7O/c1-5-4-6(14-8(10)13-5)7(17)15-9-11-2-3-12-16-9/h2-4H,1H3,(H2,10,13,14)(H,11,15,16,17). The summed E-state index contributed by atoms with van der Waals surface area (Å²) in [6, 6.07) is 1.52. The van der Waals surface area contributed by atoms with Gasteiger partial charge in [-0.25, -0.2) is 15.0 Å². The molecule has 8 nitrogen and oxygen atoms in total. The fourth-order valence-electron chi connectivity index (χ4n) is 1.18. The van der Waals surface area contributed by atoms with Crippen LogP contribution >= 0.6 is 0 Å². The maximum Gasteiger partial charge on any atom is 0.276 e. The Balaban J connectivity index is 2.20. The third-order valence-electron chi connectivity index (χ3n) is 1.81. The maximum atomic E-state index is 11.8. The monoisotopic (exact) mass is 231 g/mol. The van der Waals surface area contributed by atoms with Crippen molar-refractivity contribution in [1.29, 1.82) is 0 Å². The number of nitrogens with one attached hydrogen (secondary N) is 1. The Bertz CT molecular complexity index is 522. The number of nitrogen functional groups attached to an aromatic ring is 1. The molecular formula is C9H9N7O. The molecule has 2 heterocycles. The van der Waals surface area contributed by atoms with Crippen molar-refractivity contribution in [3.05, 3.63) is 29.8 Å². The van der Waals surface area contributed by atoms with E-state index < -0.39 is 5.91 Å². The highest BCUT2D eigenvalue weighted by molar-refractivity contribution is 6.01. The SMILES string of the molecule is Cc1cc(C(=O)Nc2nccnn2)nc(N)n1. The summed E-state index contributed by atoms with van der Waals surface area (Å²) in [4.78, 5) is 23.2. The summed E-state index contributed by atoms with van der Waals surface area (Å²) in [5.74, 6) is -0.315. The zero-order valence-electron chi connectivity index (χ0n) is 8.95. The van der Waals surface area contributed by atoms with Gasteiger partial charge in [0.1, 0.15) is 5.69 Å². The van der Waals surface area contributed by atoms with Gasteiger partial charge in [-0.15, -0.1) is 5.10 Å². The van der Waals surface area contributed by atoms with Gasteiger partial charge in [0, 0.05) is 5.69 Å². The van der Waals surface area contributed by atoms with Crippen molar-refractivity contribution in [2.75, 3.05) is 11.1 Å². The van der Waals surface area contributed by atoms with Gasteiger partial charge in [0.2, 0.25) is 11.9 Å². The average Bonchev–Trinajstić information content (AvgIpc) is 2.29. The largest absolute Gasteiger partial charge is 0.368 e. The maximum absolute atomic E-state index is 11.8.